The van der Waals surface area contributed by atoms with Gasteiger partial charge in [0, 0.05) is 11.6 Å². The molecule has 162 valence electrons. The van der Waals surface area contributed by atoms with Crippen molar-refractivity contribution in [1.29, 1.82) is 0 Å². The number of aliphatic hydroxyl groups is 1. The van der Waals surface area contributed by atoms with Crippen LogP contribution >= 0.6 is 0 Å². The van der Waals surface area contributed by atoms with Gasteiger partial charge in [0.15, 0.2) is 0 Å². The molecule has 0 radical (unpaired) electrons. The fourth-order valence-electron chi connectivity index (χ4n) is 3.86. The number of halogens is 2. The van der Waals surface area contributed by atoms with Gasteiger partial charge >= 0.3 is 0 Å². The molecule has 32 heavy (non-hydrogen) atoms. The number of benzene rings is 3. The molecule has 1 aliphatic heterocycles. The summed E-state index contributed by atoms with van der Waals surface area (Å²) in [6.07, 6.45) is 0. The van der Waals surface area contributed by atoms with Gasteiger partial charge < -0.3 is 10.2 Å². The van der Waals surface area contributed by atoms with Crippen molar-refractivity contribution in [3.8, 4) is 5.75 Å². The molecule has 3 aromatic carbocycles. The highest BCUT2D eigenvalue weighted by Crippen LogP contribution is 2.43. The number of phenolic OH excluding ortho intramolecular Hbond substituents is 1. The smallest absolute Gasteiger partial charge is 0.300 e. The summed E-state index contributed by atoms with van der Waals surface area (Å²) in [7, 11) is 0. The molecular weight excluding hydrogens is 416 g/mol. The summed E-state index contributed by atoms with van der Waals surface area (Å²) in [5.41, 5.74) is 1.50. The number of Topliss-reactive ketones (excluding diaryl/α,β-unsaturated/α-hetero) is 1. The molecule has 1 fully saturated rings. The summed E-state index contributed by atoms with van der Waals surface area (Å²) < 4.78 is 28.6. The van der Waals surface area contributed by atoms with Crippen LogP contribution in [-0.2, 0) is 9.59 Å². The van der Waals surface area contributed by atoms with Crippen molar-refractivity contribution in [2.75, 3.05) is 4.90 Å². The van der Waals surface area contributed by atoms with Crippen LogP contribution in [-0.4, -0.2) is 21.9 Å². The first kappa shape index (κ1) is 21.2. The van der Waals surface area contributed by atoms with Crippen molar-refractivity contribution in [2.24, 2.45) is 0 Å². The van der Waals surface area contributed by atoms with Gasteiger partial charge in [0.05, 0.1) is 17.3 Å². The number of aromatic hydroxyl groups is 1. The van der Waals surface area contributed by atoms with Crippen LogP contribution in [0.3, 0.4) is 0 Å². The molecule has 0 aliphatic carbocycles. The third-order valence-electron chi connectivity index (χ3n) is 5.47. The van der Waals surface area contributed by atoms with Crippen molar-refractivity contribution in [3.05, 3.63) is 100 Å². The Hall–Kier alpha value is -4.00. The topological polar surface area (TPSA) is 77.8 Å². The van der Waals surface area contributed by atoms with Gasteiger partial charge in [0.25, 0.3) is 11.7 Å². The van der Waals surface area contributed by atoms with E-state index in [0.29, 0.717) is 16.7 Å². The van der Waals surface area contributed by atoms with Crippen LogP contribution in [0.5, 0.6) is 5.75 Å². The highest BCUT2D eigenvalue weighted by Gasteiger charge is 2.48. The maximum atomic E-state index is 14.7. The fourth-order valence-corrected chi connectivity index (χ4v) is 3.86. The molecule has 0 bridgehead atoms. The highest BCUT2D eigenvalue weighted by molar-refractivity contribution is 6.51. The number of carbonyl (C=O) groups is 2. The Labute approximate surface area is 182 Å². The summed E-state index contributed by atoms with van der Waals surface area (Å²) in [6.45, 7) is 3.56. The number of aryl methyl sites for hydroxylation is 2. The Balaban J connectivity index is 2.01. The lowest BCUT2D eigenvalue weighted by Gasteiger charge is -2.26. The van der Waals surface area contributed by atoms with E-state index in [1.54, 1.807) is 19.1 Å². The predicted octanol–water partition coefficient (Wildman–Crippen LogP) is 4.91. The number of hydrogen-bond acceptors (Lipinski definition) is 4. The molecule has 0 aromatic heterocycles. The van der Waals surface area contributed by atoms with E-state index >= 15 is 0 Å². The molecular formula is C25H19F2NO4. The van der Waals surface area contributed by atoms with Gasteiger partial charge in [-0.15, -0.1) is 0 Å². The minimum Gasteiger partial charge on any atom is -0.508 e. The van der Waals surface area contributed by atoms with E-state index in [0.717, 1.165) is 28.7 Å². The molecule has 0 saturated carbocycles. The van der Waals surface area contributed by atoms with Gasteiger partial charge in [-0.2, -0.15) is 0 Å². The Bertz CT molecular complexity index is 1280. The number of hydrogen-bond donors (Lipinski definition) is 2. The van der Waals surface area contributed by atoms with Crippen LogP contribution in [0.4, 0.5) is 14.5 Å². The van der Waals surface area contributed by atoms with E-state index in [2.05, 4.69) is 0 Å². The van der Waals surface area contributed by atoms with Crippen molar-refractivity contribution >= 4 is 23.1 Å². The van der Waals surface area contributed by atoms with Crippen molar-refractivity contribution in [2.45, 2.75) is 19.9 Å². The monoisotopic (exact) mass is 435 g/mol. The SMILES string of the molecule is Cc1ccc(C)c(/C(O)=C2\C(=O)C(=O)N(c3cc(F)ccc3F)C2c2ccc(O)cc2)c1. The summed E-state index contributed by atoms with van der Waals surface area (Å²) in [5, 5.41) is 20.8. The van der Waals surface area contributed by atoms with Gasteiger partial charge in [0.1, 0.15) is 23.1 Å². The lowest BCUT2D eigenvalue weighted by molar-refractivity contribution is -0.132. The van der Waals surface area contributed by atoms with E-state index in [4.69, 9.17) is 0 Å². The molecule has 1 atom stereocenters. The van der Waals surface area contributed by atoms with Crippen LogP contribution in [0.15, 0.2) is 66.2 Å². The fraction of sp³-hybridized carbons (Fsp3) is 0.120. The zero-order valence-corrected chi connectivity index (χ0v) is 17.3. The van der Waals surface area contributed by atoms with Crippen LogP contribution in [0.1, 0.15) is 28.3 Å². The van der Waals surface area contributed by atoms with Crippen molar-refractivity contribution < 1.29 is 28.6 Å². The Morgan fingerprint density at radius 3 is 2.31 bits per heavy atom. The Kier molecular flexibility index (Phi) is 5.26. The van der Waals surface area contributed by atoms with Crippen LogP contribution < -0.4 is 4.90 Å². The van der Waals surface area contributed by atoms with Gasteiger partial charge in [-0.25, -0.2) is 8.78 Å². The minimum atomic E-state index is -1.23. The number of amides is 1. The number of rotatable bonds is 3. The zero-order valence-electron chi connectivity index (χ0n) is 17.3. The largest absolute Gasteiger partial charge is 0.508 e. The first-order chi connectivity index (χ1) is 15.2. The molecule has 3 aromatic rings. The van der Waals surface area contributed by atoms with E-state index < -0.39 is 40.8 Å². The van der Waals surface area contributed by atoms with Crippen LogP contribution in [0, 0.1) is 25.5 Å². The first-order valence-electron chi connectivity index (χ1n) is 9.81. The summed E-state index contributed by atoms with van der Waals surface area (Å²) >= 11 is 0. The lowest BCUT2D eigenvalue weighted by atomic mass is 9.93. The van der Waals surface area contributed by atoms with Gasteiger partial charge in [-0.05, 0) is 55.3 Å². The Morgan fingerprint density at radius 2 is 1.62 bits per heavy atom. The number of carbonyl (C=O) groups excluding carboxylic acids is 2. The van der Waals surface area contributed by atoms with Gasteiger partial charge in [0.2, 0.25) is 0 Å². The maximum absolute atomic E-state index is 14.7. The average molecular weight is 435 g/mol. The highest BCUT2D eigenvalue weighted by atomic mass is 19.1. The first-order valence-corrected chi connectivity index (χ1v) is 9.81. The molecule has 0 spiro atoms. The zero-order chi connectivity index (χ0) is 23.2. The molecule has 1 saturated heterocycles. The third-order valence-corrected chi connectivity index (χ3v) is 5.47. The number of phenols is 1. The molecule has 7 heteroatoms. The van der Waals surface area contributed by atoms with E-state index in [1.165, 1.54) is 24.3 Å². The lowest BCUT2D eigenvalue weighted by Crippen LogP contribution is -2.30. The quantitative estimate of drug-likeness (QED) is 0.348. The van der Waals surface area contributed by atoms with Crippen molar-refractivity contribution in [3.63, 3.8) is 0 Å². The van der Waals surface area contributed by atoms with Crippen LogP contribution in [0.2, 0.25) is 0 Å². The predicted molar refractivity (Wildman–Crippen MR) is 115 cm³/mol. The third kappa shape index (κ3) is 3.51. The number of anilines is 1. The normalized spacial score (nSPS) is 17.8. The number of nitrogens with zero attached hydrogens (tertiary/aromatic N) is 1. The van der Waals surface area contributed by atoms with E-state index in [-0.39, 0.29) is 11.3 Å². The maximum Gasteiger partial charge on any atom is 0.300 e. The second kappa shape index (κ2) is 7.92. The van der Waals surface area contributed by atoms with Crippen LogP contribution in [0.25, 0.3) is 5.76 Å². The van der Waals surface area contributed by atoms with Gasteiger partial charge in [-0.1, -0.05) is 29.8 Å². The van der Waals surface area contributed by atoms with Crippen molar-refractivity contribution in [1.82, 2.24) is 0 Å². The second-order valence-electron chi connectivity index (χ2n) is 7.67. The van der Waals surface area contributed by atoms with E-state index in [1.807, 2.05) is 13.0 Å². The number of ketones is 1. The molecule has 1 amide bonds. The standard InChI is InChI=1S/C25H19F2NO4/c1-13-3-4-14(2)18(11-13)23(30)21-22(15-5-8-17(29)9-6-15)28(25(32)24(21)31)20-12-16(26)7-10-19(20)27/h3-12,22,29-30H,1-2H3/b23-21+. The molecule has 2 N–H and O–H groups in total. The molecule has 1 aliphatic rings. The summed E-state index contributed by atoms with van der Waals surface area (Å²) in [6, 6.07) is 12.2. The summed E-state index contributed by atoms with van der Waals surface area (Å²) in [5.74, 6) is -4.28. The second-order valence-corrected chi connectivity index (χ2v) is 7.67. The van der Waals surface area contributed by atoms with Gasteiger partial charge in [-0.3, -0.25) is 14.5 Å². The molecule has 5 nitrogen and oxygen atoms in total. The molecule has 1 unspecified atom stereocenters. The average Bonchev–Trinajstić information content (AvgIpc) is 3.02. The Morgan fingerprint density at radius 1 is 0.938 bits per heavy atom. The molecule has 1 heterocycles. The summed E-state index contributed by atoms with van der Waals surface area (Å²) in [4.78, 5) is 26.9. The van der Waals surface area contributed by atoms with E-state index in [9.17, 15) is 28.6 Å². The molecule has 4 rings (SSSR count). The minimum absolute atomic E-state index is 0.0582. The number of aliphatic hydroxyl groups excluding tert-OH is 1.